The Hall–Kier alpha value is -4.13. The van der Waals surface area contributed by atoms with E-state index in [0.717, 1.165) is 16.8 Å². The topological polar surface area (TPSA) is 84.3 Å². The van der Waals surface area contributed by atoms with Crippen molar-refractivity contribution in [3.8, 4) is 39.7 Å². The second-order valence-electron chi connectivity index (χ2n) is 7.26. The van der Waals surface area contributed by atoms with Gasteiger partial charge in [0.05, 0.1) is 23.4 Å². The molecule has 1 N–H and O–H groups in total. The van der Waals surface area contributed by atoms with Crippen LogP contribution in [0.15, 0.2) is 72.8 Å². The number of nitro groups is 1. The van der Waals surface area contributed by atoms with Gasteiger partial charge in [-0.25, -0.2) is 4.98 Å². The third kappa shape index (κ3) is 3.98. The van der Waals surface area contributed by atoms with E-state index in [1.54, 1.807) is 13.2 Å². The van der Waals surface area contributed by atoms with Crippen molar-refractivity contribution in [2.75, 3.05) is 26.1 Å². The number of methoxy groups -OCH3 is 1. The highest BCUT2D eigenvalue weighted by Crippen LogP contribution is 2.39. The third-order valence-electron chi connectivity index (χ3n) is 5.07. The summed E-state index contributed by atoms with van der Waals surface area (Å²) in [6.45, 7) is 0. The molecule has 3 aromatic carbocycles. The maximum Gasteiger partial charge on any atom is 0.270 e. The molecule has 0 aliphatic heterocycles. The SMILES string of the molecule is COc1ccc([N+](=O)[O-])cc1-c1[nH]c(-c2ccc(N(C)C)cc2)nc1-c1ccccc1. The fourth-order valence-corrected chi connectivity index (χ4v) is 3.43. The van der Waals surface area contributed by atoms with Gasteiger partial charge in [0.25, 0.3) is 5.69 Å². The molecule has 0 unspecified atom stereocenters. The minimum atomic E-state index is -0.414. The predicted molar refractivity (Wildman–Crippen MR) is 122 cm³/mol. The van der Waals surface area contributed by atoms with Crippen LogP contribution in [-0.2, 0) is 0 Å². The molecule has 0 bridgehead atoms. The van der Waals surface area contributed by atoms with Gasteiger partial charge in [-0.05, 0) is 30.3 Å². The quantitative estimate of drug-likeness (QED) is 0.338. The van der Waals surface area contributed by atoms with Gasteiger partial charge < -0.3 is 14.6 Å². The Kier molecular flexibility index (Phi) is 5.41. The van der Waals surface area contributed by atoms with Crippen molar-refractivity contribution in [3.63, 3.8) is 0 Å². The Balaban J connectivity index is 1.91. The van der Waals surface area contributed by atoms with Crippen molar-refractivity contribution in [2.45, 2.75) is 0 Å². The molecule has 0 amide bonds. The Labute approximate surface area is 180 Å². The Morgan fingerprint density at radius 1 is 0.968 bits per heavy atom. The zero-order valence-electron chi connectivity index (χ0n) is 17.5. The van der Waals surface area contributed by atoms with Crippen molar-refractivity contribution in [2.24, 2.45) is 0 Å². The lowest BCUT2D eigenvalue weighted by Gasteiger charge is -2.12. The van der Waals surface area contributed by atoms with E-state index < -0.39 is 4.92 Å². The first kappa shape index (κ1) is 20.2. The van der Waals surface area contributed by atoms with Crippen molar-refractivity contribution in [1.29, 1.82) is 0 Å². The molecular weight excluding hydrogens is 392 g/mol. The summed E-state index contributed by atoms with van der Waals surface area (Å²) in [7, 11) is 5.52. The molecule has 4 rings (SSSR count). The number of aromatic amines is 1. The molecule has 0 saturated carbocycles. The highest BCUT2D eigenvalue weighted by Gasteiger charge is 2.21. The number of hydrogen-bond donors (Lipinski definition) is 1. The number of hydrogen-bond acceptors (Lipinski definition) is 5. The number of ether oxygens (including phenoxy) is 1. The summed E-state index contributed by atoms with van der Waals surface area (Å²) >= 11 is 0. The molecular formula is C24H22N4O3. The van der Waals surface area contributed by atoms with Crippen molar-refractivity contribution in [1.82, 2.24) is 9.97 Å². The number of nitrogens with one attached hydrogen (secondary N) is 1. The molecule has 0 saturated heterocycles. The minimum absolute atomic E-state index is 0.0127. The molecule has 1 heterocycles. The van der Waals surface area contributed by atoms with Gasteiger partial charge in [-0.15, -0.1) is 0 Å². The van der Waals surface area contributed by atoms with E-state index in [4.69, 9.17) is 9.72 Å². The van der Waals surface area contributed by atoms with Gasteiger partial charge in [-0.2, -0.15) is 0 Å². The number of nitro benzene ring substituents is 1. The molecule has 0 aliphatic carbocycles. The zero-order chi connectivity index (χ0) is 22.0. The molecule has 0 atom stereocenters. The van der Waals surface area contributed by atoms with E-state index in [-0.39, 0.29) is 5.69 Å². The summed E-state index contributed by atoms with van der Waals surface area (Å²) in [5.74, 6) is 1.20. The highest BCUT2D eigenvalue weighted by atomic mass is 16.6. The normalized spacial score (nSPS) is 10.7. The minimum Gasteiger partial charge on any atom is -0.496 e. The first-order chi connectivity index (χ1) is 15.0. The molecule has 156 valence electrons. The average Bonchev–Trinajstić information content (AvgIpc) is 3.24. The zero-order valence-corrected chi connectivity index (χ0v) is 17.5. The van der Waals surface area contributed by atoms with Gasteiger partial charge in [0.1, 0.15) is 11.6 Å². The van der Waals surface area contributed by atoms with Crippen molar-refractivity contribution < 1.29 is 9.66 Å². The summed E-state index contributed by atoms with van der Waals surface area (Å²) in [6, 6.07) is 22.3. The van der Waals surface area contributed by atoms with Gasteiger partial charge in [0, 0.05) is 48.6 Å². The number of non-ortho nitro benzene ring substituents is 1. The molecule has 0 aliphatic rings. The Morgan fingerprint density at radius 3 is 2.29 bits per heavy atom. The Bertz CT molecular complexity index is 1220. The van der Waals surface area contributed by atoms with Gasteiger partial charge in [-0.3, -0.25) is 10.1 Å². The van der Waals surface area contributed by atoms with Crippen molar-refractivity contribution in [3.05, 3.63) is 82.9 Å². The first-order valence-corrected chi connectivity index (χ1v) is 9.74. The number of rotatable bonds is 6. The van der Waals surface area contributed by atoms with Crippen LogP contribution in [0.3, 0.4) is 0 Å². The average molecular weight is 414 g/mol. The van der Waals surface area contributed by atoms with E-state index in [1.807, 2.05) is 73.6 Å². The lowest BCUT2D eigenvalue weighted by molar-refractivity contribution is -0.384. The van der Waals surface area contributed by atoms with Crippen molar-refractivity contribution >= 4 is 11.4 Å². The van der Waals surface area contributed by atoms with Crippen LogP contribution < -0.4 is 9.64 Å². The predicted octanol–water partition coefficient (Wildman–Crippen LogP) is 5.39. The Morgan fingerprint density at radius 2 is 1.68 bits per heavy atom. The van der Waals surface area contributed by atoms with Gasteiger partial charge >= 0.3 is 0 Å². The van der Waals surface area contributed by atoms with Crippen LogP contribution in [0.4, 0.5) is 11.4 Å². The molecule has 0 radical (unpaired) electrons. The lowest BCUT2D eigenvalue weighted by atomic mass is 10.0. The van der Waals surface area contributed by atoms with Gasteiger partial charge in [0.15, 0.2) is 0 Å². The van der Waals surface area contributed by atoms with Crippen LogP contribution in [0.5, 0.6) is 5.75 Å². The summed E-state index contributed by atoms with van der Waals surface area (Å²) in [5.41, 5.74) is 4.83. The van der Waals surface area contributed by atoms with Crippen LogP contribution in [0, 0.1) is 10.1 Å². The highest BCUT2D eigenvalue weighted by molar-refractivity contribution is 5.85. The maximum absolute atomic E-state index is 11.4. The molecule has 4 aromatic rings. The standard InChI is InChI=1S/C24H22N4O3/c1-27(2)18-11-9-17(10-12-18)24-25-22(16-7-5-4-6-8-16)23(26-24)20-15-19(28(29)30)13-14-21(20)31-3/h4-15H,1-3H3,(H,25,26). The van der Waals surface area contributed by atoms with E-state index in [1.165, 1.54) is 12.1 Å². The third-order valence-corrected chi connectivity index (χ3v) is 5.07. The van der Waals surface area contributed by atoms with E-state index in [2.05, 4.69) is 4.98 Å². The summed E-state index contributed by atoms with van der Waals surface area (Å²) in [5, 5.41) is 11.4. The van der Waals surface area contributed by atoms with Crippen LogP contribution in [0.1, 0.15) is 0 Å². The van der Waals surface area contributed by atoms with Gasteiger partial charge in [-0.1, -0.05) is 30.3 Å². The lowest BCUT2D eigenvalue weighted by Crippen LogP contribution is -2.07. The molecule has 0 spiro atoms. The summed E-state index contributed by atoms with van der Waals surface area (Å²) in [6.07, 6.45) is 0. The van der Waals surface area contributed by atoms with Crippen LogP contribution >= 0.6 is 0 Å². The molecule has 7 heteroatoms. The van der Waals surface area contributed by atoms with E-state index in [9.17, 15) is 10.1 Å². The largest absolute Gasteiger partial charge is 0.496 e. The molecule has 1 aromatic heterocycles. The first-order valence-electron chi connectivity index (χ1n) is 9.74. The number of imidazole rings is 1. The van der Waals surface area contributed by atoms with Crippen LogP contribution in [0.25, 0.3) is 33.9 Å². The number of aromatic nitrogens is 2. The van der Waals surface area contributed by atoms with E-state index >= 15 is 0 Å². The summed E-state index contributed by atoms with van der Waals surface area (Å²) < 4.78 is 5.51. The molecule has 0 fully saturated rings. The number of benzene rings is 3. The number of anilines is 1. The molecule has 31 heavy (non-hydrogen) atoms. The van der Waals surface area contributed by atoms with Crippen LogP contribution in [-0.4, -0.2) is 36.1 Å². The summed E-state index contributed by atoms with van der Waals surface area (Å²) in [4.78, 5) is 21.2. The second kappa shape index (κ2) is 8.31. The fourth-order valence-electron chi connectivity index (χ4n) is 3.43. The second-order valence-corrected chi connectivity index (χ2v) is 7.26. The number of H-pyrrole nitrogens is 1. The fraction of sp³-hybridized carbons (Fsp3) is 0.125. The van der Waals surface area contributed by atoms with E-state index in [0.29, 0.717) is 28.5 Å². The van der Waals surface area contributed by atoms with Crippen LogP contribution in [0.2, 0.25) is 0 Å². The smallest absolute Gasteiger partial charge is 0.270 e. The number of nitrogens with zero attached hydrogens (tertiary/aromatic N) is 3. The maximum atomic E-state index is 11.4. The molecule has 7 nitrogen and oxygen atoms in total. The van der Waals surface area contributed by atoms with Gasteiger partial charge in [0.2, 0.25) is 0 Å². The monoisotopic (exact) mass is 414 g/mol.